The summed E-state index contributed by atoms with van der Waals surface area (Å²) in [6.45, 7) is 12.6. The molecule has 0 heterocycles. The summed E-state index contributed by atoms with van der Waals surface area (Å²) in [4.78, 5) is 24.4. The van der Waals surface area contributed by atoms with E-state index in [2.05, 4.69) is 20.8 Å². The Balaban J connectivity index is 1.43. The van der Waals surface area contributed by atoms with Crippen LogP contribution in [-0.2, 0) is 14.3 Å². The van der Waals surface area contributed by atoms with Crippen molar-refractivity contribution in [2.24, 2.45) is 46.3 Å². The number of halogens is 3. The van der Waals surface area contributed by atoms with Crippen molar-refractivity contribution in [2.45, 2.75) is 130 Å². The van der Waals surface area contributed by atoms with Gasteiger partial charge in [0.15, 0.2) is 0 Å². The quantitative estimate of drug-likeness (QED) is 0.381. The zero-order valence-electron chi connectivity index (χ0n) is 23.5. The van der Waals surface area contributed by atoms with Crippen LogP contribution in [0.3, 0.4) is 0 Å². The molecule has 0 unspecified atom stereocenters. The summed E-state index contributed by atoms with van der Waals surface area (Å²) in [7, 11) is 0. The maximum Gasteiger partial charge on any atom is 0.453 e. The lowest BCUT2D eigenvalue weighted by Crippen LogP contribution is -2.59. The maximum atomic E-state index is 13.2. The molecule has 0 radical (unpaired) electrons. The summed E-state index contributed by atoms with van der Waals surface area (Å²) in [6, 6.07) is 0. The molecule has 0 aliphatic heterocycles. The highest BCUT2D eigenvalue weighted by molar-refractivity contribution is 5.92. The highest BCUT2D eigenvalue weighted by atomic mass is 19.4. The highest BCUT2D eigenvalue weighted by Crippen LogP contribution is 2.69. The summed E-state index contributed by atoms with van der Waals surface area (Å²) in [5, 5.41) is 10.8. The lowest BCUT2D eigenvalue weighted by Gasteiger charge is -2.62. The van der Waals surface area contributed by atoms with E-state index in [0.29, 0.717) is 42.4 Å². The number of carbonyl (C=O) groups excluding carboxylic acids is 2. The third kappa shape index (κ3) is 5.24. The van der Waals surface area contributed by atoms with Gasteiger partial charge in [0.2, 0.25) is 0 Å². The molecule has 212 valence electrons. The summed E-state index contributed by atoms with van der Waals surface area (Å²) < 4.78 is 45.1. The van der Waals surface area contributed by atoms with Crippen LogP contribution in [0.4, 0.5) is 13.2 Å². The number of ether oxygens (including phenoxy) is 1. The van der Waals surface area contributed by atoms with Gasteiger partial charge in [0, 0.05) is 6.42 Å². The van der Waals surface area contributed by atoms with Gasteiger partial charge >= 0.3 is 12.1 Å². The van der Waals surface area contributed by atoms with Crippen LogP contribution in [0, 0.1) is 46.3 Å². The molecule has 0 aromatic rings. The van der Waals surface area contributed by atoms with Crippen LogP contribution in [0.1, 0.15) is 112 Å². The average molecular weight is 529 g/mol. The van der Waals surface area contributed by atoms with Gasteiger partial charge in [-0.2, -0.15) is 13.2 Å². The third-order valence-electron chi connectivity index (χ3n) is 11.4. The molecule has 37 heavy (non-hydrogen) atoms. The molecule has 0 spiro atoms. The van der Waals surface area contributed by atoms with E-state index in [1.54, 1.807) is 0 Å². The zero-order chi connectivity index (χ0) is 27.6. The van der Waals surface area contributed by atoms with Crippen LogP contribution in [0.2, 0.25) is 0 Å². The molecular weight excluding hydrogens is 481 g/mol. The fraction of sp³-hybridized carbons (Fsp3) is 0.933. The molecule has 4 aliphatic carbocycles. The van der Waals surface area contributed by atoms with Gasteiger partial charge in [-0.15, -0.1) is 0 Å². The predicted molar refractivity (Wildman–Crippen MR) is 135 cm³/mol. The molecule has 4 fully saturated rings. The molecule has 0 saturated heterocycles. The molecule has 0 bridgehead atoms. The van der Waals surface area contributed by atoms with Crippen LogP contribution < -0.4 is 0 Å². The molecule has 0 aromatic heterocycles. The molecule has 7 heteroatoms. The largest absolute Gasteiger partial charge is 0.460 e. The van der Waals surface area contributed by atoms with Crippen molar-refractivity contribution in [3.63, 3.8) is 0 Å². The van der Waals surface area contributed by atoms with E-state index in [-0.39, 0.29) is 35.6 Å². The lowest BCUT2D eigenvalue weighted by atomic mass is 9.43. The van der Waals surface area contributed by atoms with Crippen molar-refractivity contribution in [3.05, 3.63) is 0 Å². The molecule has 9 atom stereocenters. The second kappa shape index (κ2) is 9.52. The molecule has 1 N–H and O–H groups in total. The second-order valence-electron chi connectivity index (χ2n) is 14.6. The van der Waals surface area contributed by atoms with E-state index in [1.165, 1.54) is 12.8 Å². The van der Waals surface area contributed by atoms with E-state index in [0.717, 1.165) is 32.1 Å². The number of alkyl halides is 3. The number of aliphatic hydroxyl groups is 1. The van der Waals surface area contributed by atoms with Gasteiger partial charge in [-0.05, 0) is 131 Å². The summed E-state index contributed by atoms with van der Waals surface area (Å²) in [6.07, 6.45) is 2.89. The van der Waals surface area contributed by atoms with Gasteiger partial charge in [-0.3, -0.25) is 9.59 Å². The van der Waals surface area contributed by atoms with Gasteiger partial charge in [0.1, 0.15) is 11.2 Å². The van der Waals surface area contributed by atoms with E-state index in [1.807, 2.05) is 20.8 Å². The normalized spacial score (nSPS) is 42.8. The molecule has 4 rings (SSSR count). The first kappa shape index (κ1) is 28.9. The summed E-state index contributed by atoms with van der Waals surface area (Å²) >= 11 is 0. The Morgan fingerprint density at radius 3 is 2.22 bits per heavy atom. The molecular formula is C30H47F3O4. The van der Waals surface area contributed by atoms with Crippen LogP contribution in [0.25, 0.3) is 0 Å². The first-order chi connectivity index (χ1) is 16.9. The number of fused-ring (bicyclic) bond motifs is 5. The van der Waals surface area contributed by atoms with Crippen molar-refractivity contribution in [1.82, 2.24) is 0 Å². The summed E-state index contributed by atoms with van der Waals surface area (Å²) in [5.41, 5.74) is -2.63. The third-order valence-corrected chi connectivity index (χ3v) is 11.4. The molecule has 4 aliphatic rings. The van der Waals surface area contributed by atoms with E-state index < -0.39 is 23.2 Å². The Hall–Kier alpha value is -1.11. The van der Waals surface area contributed by atoms with Crippen LogP contribution in [0.5, 0.6) is 0 Å². The number of hydrogen-bond donors (Lipinski definition) is 1. The minimum atomic E-state index is -4.99. The van der Waals surface area contributed by atoms with Crippen molar-refractivity contribution in [2.75, 3.05) is 0 Å². The van der Waals surface area contributed by atoms with Gasteiger partial charge < -0.3 is 9.84 Å². The number of carbonyl (C=O) groups is 2. The Kier molecular flexibility index (Phi) is 7.43. The lowest BCUT2D eigenvalue weighted by molar-refractivity contribution is -0.204. The van der Waals surface area contributed by atoms with E-state index in [9.17, 15) is 27.9 Å². The summed E-state index contributed by atoms with van der Waals surface area (Å²) in [5.74, 6) is 0.438. The Bertz CT molecular complexity index is 894. The number of ketones is 1. The molecule has 4 nitrogen and oxygen atoms in total. The predicted octanol–water partition coefficient (Wildman–Crippen LogP) is 7.27. The van der Waals surface area contributed by atoms with Crippen molar-refractivity contribution in [3.8, 4) is 0 Å². The molecule has 0 aromatic carbocycles. The van der Waals surface area contributed by atoms with Crippen molar-refractivity contribution in [1.29, 1.82) is 0 Å². The van der Waals surface area contributed by atoms with Crippen molar-refractivity contribution < 1.29 is 32.6 Å². The average Bonchev–Trinajstić information content (AvgIpc) is 3.13. The zero-order valence-corrected chi connectivity index (χ0v) is 23.5. The van der Waals surface area contributed by atoms with Crippen molar-refractivity contribution >= 4 is 11.8 Å². The standard InChI is InChI=1S/C30H47F3O4/c1-18(7-12-24(34)37-26(2,3)4)21-10-11-22-20-9-8-19-17-29(36,25(35)30(31,32)33)16-15-27(19,5)23(20)13-14-28(21,22)6/h18-23,36H,7-17H2,1-6H3/t18-,19-,20+,21-,22+,23+,27+,28-,29-/m1/s1. The van der Waals surface area contributed by atoms with Crippen LogP contribution in [0.15, 0.2) is 0 Å². The first-order valence-corrected chi connectivity index (χ1v) is 14.5. The van der Waals surface area contributed by atoms with E-state index >= 15 is 0 Å². The minimum Gasteiger partial charge on any atom is -0.460 e. The monoisotopic (exact) mass is 528 g/mol. The topological polar surface area (TPSA) is 63.6 Å². The highest BCUT2D eigenvalue weighted by Gasteiger charge is 2.64. The maximum absolute atomic E-state index is 13.2. The first-order valence-electron chi connectivity index (χ1n) is 14.5. The van der Waals surface area contributed by atoms with Gasteiger partial charge in [0.25, 0.3) is 5.78 Å². The smallest absolute Gasteiger partial charge is 0.453 e. The number of rotatable bonds is 5. The Labute approximate surface area is 220 Å². The minimum absolute atomic E-state index is 0.0480. The second-order valence-corrected chi connectivity index (χ2v) is 14.6. The SMILES string of the molecule is C[C@H](CCC(=O)OC(C)(C)C)[C@H]1CC[C@H]2[C@@H]3CC[C@@H]4C[C@@](O)(C(=O)C(F)(F)F)CC[C@]4(C)[C@H]3CC[C@]12C. The Morgan fingerprint density at radius 1 is 0.946 bits per heavy atom. The van der Waals surface area contributed by atoms with E-state index in [4.69, 9.17) is 4.74 Å². The molecule has 0 amide bonds. The van der Waals surface area contributed by atoms with Gasteiger partial charge in [0.05, 0.1) is 0 Å². The number of hydrogen-bond acceptors (Lipinski definition) is 4. The number of esters is 1. The number of Topliss-reactive ketones (excluding diaryl/α,β-unsaturated/α-hetero) is 1. The van der Waals surface area contributed by atoms with Crippen LogP contribution >= 0.6 is 0 Å². The van der Waals surface area contributed by atoms with Crippen LogP contribution in [-0.4, -0.2) is 34.2 Å². The fourth-order valence-corrected chi connectivity index (χ4v) is 9.63. The van der Waals surface area contributed by atoms with Gasteiger partial charge in [-0.1, -0.05) is 20.8 Å². The Morgan fingerprint density at radius 2 is 1.59 bits per heavy atom. The van der Waals surface area contributed by atoms with Gasteiger partial charge in [-0.25, -0.2) is 0 Å². The molecule has 4 saturated carbocycles. The fourth-order valence-electron chi connectivity index (χ4n) is 9.63.